The number of anilines is 1. The summed E-state index contributed by atoms with van der Waals surface area (Å²) in [5, 5.41) is 14.3. The zero-order chi connectivity index (χ0) is 15.1. The van der Waals surface area contributed by atoms with Crippen LogP contribution in [0.4, 0.5) is 5.69 Å². The molecule has 108 valence electrons. The van der Waals surface area contributed by atoms with Crippen molar-refractivity contribution >= 4 is 22.5 Å². The summed E-state index contributed by atoms with van der Waals surface area (Å²) in [6, 6.07) is 14.1. The second-order valence-electron chi connectivity index (χ2n) is 4.64. The van der Waals surface area contributed by atoms with Crippen LogP contribution in [-0.4, -0.2) is 9.91 Å². The van der Waals surface area contributed by atoms with Gasteiger partial charge < -0.3 is 14.5 Å². The van der Waals surface area contributed by atoms with Crippen molar-refractivity contribution in [2.75, 3.05) is 5.32 Å². The number of hydrogen-bond donors (Lipinski definition) is 1. The first-order valence-electron chi connectivity index (χ1n) is 6.51. The van der Waals surface area contributed by atoms with Crippen LogP contribution in [0.15, 0.2) is 58.8 Å². The van der Waals surface area contributed by atoms with E-state index in [0.717, 1.165) is 0 Å². The third-order valence-electron chi connectivity index (χ3n) is 3.24. The molecule has 22 heavy (non-hydrogen) atoms. The van der Waals surface area contributed by atoms with Crippen molar-refractivity contribution in [1.29, 1.82) is 0 Å². The van der Waals surface area contributed by atoms with Crippen molar-refractivity contribution in [3.8, 4) is 5.75 Å². The van der Waals surface area contributed by atoms with E-state index >= 15 is 0 Å². The zero-order valence-corrected chi connectivity index (χ0v) is 11.1. The van der Waals surface area contributed by atoms with Crippen LogP contribution in [0, 0.1) is 10.1 Å². The second-order valence-corrected chi connectivity index (χ2v) is 4.64. The monoisotopic (exact) mass is 295 g/mol. The number of para-hydroxylation sites is 4. The molecule has 3 aromatic rings. The Kier molecular flexibility index (Phi) is 2.59. The second kappa shape index (κ2) is 4.59. The number of oxazole rings is 1. The molecule has 0 unspecified atom stereocenters. The number of aromatic nitrogens is 1. The molecule has 1 aliphatic rings. The molecule has 0 saturated carbocycles. The van der Waals surface area contributed by atoms with E-state index in [0.29, 0.717) is 22.5 Å². The Bertz CT molecular complexity index is 869. The highest BCUT2D eigenvalue weighted by Gasteiger charge is 2.33. The van der Waals surface area contributed by atoms with Crippen molar-refractivity contribution in [3.05, 3.63) is 70.4 Å². The molecule has 1 aromatic heterocycles. The lowest BCUT2D eigenvalue weighted by Crippen LogP contribution is -2.09. The van der Waals surface area contributed by atoms with Gasteiger partial charge >= 0.3 is 11.6 Å². The van der Waals surface area contributed by atoms with Crippen LogP contribution in [-0.2, 0) is 0 Å². The highest BCUT2D eigenvalue weighted by molar-refractivity contribution is 5.76. The van der Waals surface area contributed by atoms with Crippen molar-refractivity contribution in [3.63, 3.8) is 0 Å². The molecule has 2 aromatic carbocycles. The number of nitro groups is 1. The molecular weight excluding hydrogens is 286 g/mol. The lowest BCUT2D eigenvalue weighted by molar-refractivity contribution is -0.379. The summed E-state index contributed by atoms with van der Waals surface area (Å²) in [6.45, 7) is 0. The summed E-state index contributed by atoms with van der Waals surface area (Å²) in [5.41, 5.74) is 1.35. The standard InChI is InChI=1S/C15H9N3O4/c19-18(20)13(14-16-9-5-1-3-7-11(9)21-14)15-17-10-6-2-4-8-12(10)22-15/h1-8,16H. The Balaban J connectivity index is 1.86. The number of hydrogen-bond acceptors (Lipinski definition) is 6. The van der Waals surface area contributed by atoms with E-state index in [-0.39, 0.29) is 17.5 Å². The summed E-state index contributed by atoms with van der Waals surface area (Å²) < 4.78 is 11.0. The van der Waals surface area contributed by atoms with Gasteiger partial charge in [0.25, 0.3) is 5.88 Å². The van der Waals surface area contributed by atoms with Gasteiger partial charge in [0, 0.05) is 0 Å². The number of nitrogens with one attached hydrogen (secondary N) is 1. The quantitative estimate of drug-likeness (QED) is 0.576. The molecule has 0 aliphatic carbocycles. The van der Waals surface area contributed by atoms with Crippen LogP contribution in [0.25, 0.3) is 16.8 Å². The molecule has 0 bridgehead atoms. The average molecular weight is 295 g/mol. The van der Waals surface area contributed by atoms with E-state index in [1.807, 2.05) is 6.07 Å². The Morgan fingerprint density at radius 1 is 1.14 bits per heavy atom. The van der Waals surface area contributed by atoms with E-state index < -0.39 is 4.92 Å². The van der Waals surface area contributed by atoms with Gasteiger partial charge in [0.15, 0.2) is 11.3 Å². The fourth-order valence-electron chi connectivity index (χ4n) is 2.26. The fourth-order valence-corrected chi connectivity index (χ4v) is 2.26. The minimum atomic E-state index is -0.571. The van der Waals surface area contributed by atoms with Gasteiger partial charge in [-0.05, 0) is 24.3 Å². The van der Waals surface area contributed by atoms with Crippen LogP contribution in [0.3, 0.4) is 0 Å². The lowest BCUT2D eigenvalue weighted by Gasteiger charge is -1.99. The predicted molar refractivity (Wildman–Crippen MR) is 78.6 cm³/mol. The summed E-state index contributed by atoms with van der Waals surface area (Å²) in [5.74, 6) is 0.423. The third kappa shape index (κ3) is 1.87. The predicted octanol–water partition coefficient (Wildman–Crippen LogP) is 3.24. The van der Waals surface area contributed by atoms with Gasteiger partial charge in [-0.2, -0.15) is 0 Å². The van der Waals surface area contributed by atoms with E-state index in [2.05, 4.69) is 10.3 Å². The number of benzene rings is 2. The molecule has 0 atom stereocenters. The average Bonchev–Trinajstić information content (AvgIpc) is 3.09. The normalized spacial score (nSPS) is 15.1. The van der Waals surface area contributed by atoms with E-state index in [1.54, 1.807) is 42.5 Å². The Hall–Kier alpha value is -3.35. The first kappa shape index (κ1) is 12.4. The molecule has 1 N–H and O–H groups in total. The summed E-state index contributed by atoms with van der Waals surface area (Å²) >= 11 is 0. The third-order valence-corrected chi connectivity index (χ3v) is 3.24. The SMILES string of the molecule is O=[N+]([O-])C(=C1Nc2ccccc2O1)c1nc2ccccc2o1. The Morgan fingerprint density at radius 2 is 1.91 bits per heavy atom. The molecule has 7 nitrogen and oxygen atoms in total. The van der Waals surface area contributed by atoms with Gasteiger partial charge in [-0.15, -0.1) is 0 Å². The Labute approximate surface area is 124 Å². The molecule has 0 saturated heterocycles. The maximum absolute atomic E-state index is 11.4. The van der Waals surface area contributed by atoms with Crippen LogP contribution in [0.1, 0.15) is 5.89 Å². The van der Waals surface area contributed by atoms with Crippen LogP contribution >= 0.6 is 0 Å². The van der Waals surface area contributed by atoms with Crippen molar-refractivity contribution in [1.82, 2.24) is 4.98 Å². The molecular formula is C15H9N3O4. The molecule has 1 aliphatic heterocycles. The van der Waals surface area contributed by atoms with Crippen LogP contribution < -0.4 is 10.1 Å². The highest BCUT2D eigenvalue weighted by atomic mass is 16.6. The first-order valence-corrected chi connectivity index (χ1v) is 6.51. The summed E-state index contributed by atoms with van der Waals surface area (Å²) in [4.78, 5) is 15.0. The largest absolute Gasteiger partial charge is 0.433 e. The number of rotatable bonds is 2. The van der Waals surface area contributed by atoms with E-state index in [4.69, 9.17) is 9.15 Å². The maximum Gasteiger partial charge on any atom is 0.391 e. The molecule has 0 fully saturated rings. The molecule has 2 heterocycles. The first-order chi connectivity index (χ1) is 10.7. The smallest absolute Gasteiger partial charge is 0.391 e. The number of fused-ring (bicyclic) bond motifs is 2. The van der Waals surface area contributed by atoms with Gasteiger partial charge in [-0.3, -0.25) is 10.1 Å². The maximum atomic E-state index is 11.4. The summed E-state index contributed by atoms with van der Waals surface area (Å²) in [6.07, 6.45) is 0. The fraction of sp³-hybridized carbons (Fsp3) is 0. The number of ether oxygens (including phenoxy) is 1. The van der Waals surface area contributed by atoms with Crippen molar-refractivity contribution in [2.45, 2.75) is 0 Å². The molecule has 0 spiro atoms. The zero-order valence-electron chi connectivity index (χ0n) is 11.1. The molecule has 7 heteroatoms. The van der Waals surface area contributed by atoms with Crippen molar-refractivity contribution in [2.24, 2.45) is 0 Å². The van der Waals surface area contributed by atoms with Gasteiger partial charge in [-0.25, -0.2) is 4.98 Å². The topological polar surface area (TPSA) is 90.4 Å². The van der Waals surface area contributed by atoms with Gasteiger partial charge in [0.05, 0.1) is 10.6 Å². The van der Waals surface area contributed by atoms with E-state index in [1.165, 1.54) is 0 Å². The Morgan fingerprint density at radius 3 is 2.68 bits per heavy atom. The minimum absolute atomic E-state index is 0.00208. The van der Waals surface area contributed by atoms with Gasteiger partial charge in [-0.1, -0.05) is 24.3 Å². The number of nitrogens with zero attached hydrogens (tertiary/aromatic N) is 2. The highest BCUT2D eigenvalue weighted by Crippen LogP contribution is 2.36. The molecule has 0 amide bonds. The lowest BCUT2D eigenvalue weighted by atomic mass is 10.3. The van der Waals surface area contributed by atoms with Crippen LogP contribution in [0.2, 0.25) is 0 Å². The van der Waals surface area contributed by atoms with Crippen molar-refractivity contribution < 1.29 is 14.1 Å². The van der Waals surface area contributed by atoms with Gasteiger partial charge in [0.1, 0.15) is 5.52 Å². The van der Waals surface area contributed by atoms with E-state index in [9.17, 15) is 10.1 Å². The molecule has 0 radical (unpaired) electrons. The summed E-state index contributed by atoms with van der Waals surface area (Å²) in [7, 11) is 0. The molecule has 4 rings (SSSR count). The van der Waals surface area contributed by atoms with Crippen LogP contribution in [0.5, 0.6) is 5.75 Å². The minimum Gasteiger partial charge on any atom is -0.433 e. The van der Waals surface area contributed by atoms with Gasteiger partial charge in [0.2, 0.25) is 0 Å².